The number of anilines is 1. The molecule has 0 heterocycles. The Balaban J connectivity index is 2.34. The Morgan fingerprint density at radius 2 is 1.85 bits per heavy atom. The van der Waals surface area contributed by atoms with Gasteiger partial charge in [-0.1, -0.05) is 48.0 Å². The summed E-state index contributed by atoms with van der Waals surface area (Å²) < 4.78 is 0. The molecule has 1 amide bonds. The molecular formula is C17H18ClNO. The molecule has 0 aromatic heterocycles. The number of hydrogen-bond acceptors (Lipinski definition) is 1. The van der Waals surface area contributed by atoms with Crippen molar-refractivity contribution in [2.45, 2.75) is 20.4 Å². The summed E-state index contributed by atoms with van der Waals surface area (Å²) in [7, 11) is 0. The van der Waals surface area contributed by atoms with Crippen molar-refractivity contribution in [2.24, 2.45) is 0 Å². The minimum Gasteiger partial charge on any atom is -0.307 e. The molecule has 2 rings (SSSR count). The molecule has 0 unspecified atom stereocenters. The van der Waals surface area contributed by atoms with Gasteiger partial charge in [-0.15, -0.1) is 11.6 Å². The van der Waals surface area contributed by atoms with E-state index in [9.17, 15) is 4.79 Å². The summed E-state index contributed by atoms with van der Waals surface area (Å²) in [5.41, 5.74) is 4.27. The Kier molecular flexibility index (Phi) is 4.80. The van der Waals surface area contributed by atoms with Gasteiger partial charge in [-0.25, -0.2) is 0 Å². The smallest absolute Gasteiger partial charge is 0.242 e. The number of benzene rings is 2. The lowest BCUT2D eigenvalue weighted by Gasteiger charge is -2.24. The molecule has 2 nitrogen and oxygen atoms in total. The molecule has 2 aromatic rings. The predicted octanol–water partition coefficient (Wildman–Crippen LogP) is 4.08. The normalized spacial score (nSPS) is 10.3. The average Bonchev–Trinajstić information content (AvgIpc) is 2.45. The second-order valence-corrected chi connectivity index (χ2v) is 5.16. The molecule has 3 heteroatoms. The largest absolute Gasteiger partial charge is 0.307 e. The molecule has 0 fully saturated rings. The number of nitrogens with zero attached hydrogens (tertiary/aromatic N) is 1. The molecule has 0 aliphatic rings. The summed E-state index contributed by atoms with van der Waals surface area (Å²) in [5, 5.41) is 0. The summed E-state index contributed by atoms with van der Waals surface area (Å²) in [6, 6.07) is 16.0. The van der Waals surface area contributed by atoms with Crippen molar-refractivity contribution >= 4 is 23.2 Å². The van der Waals surface area contributed by atoms with Crippen molar-refractivity contribution in [3.63, 3.8) is 0 Å². The van der Waals surface area contributed by atoms with Gasteiger partial charge in [0.1, 0.15) is 5.88 Å². The maximum absolute atomic E-state index is 12.1. The summed E-state index contributed by atoms with van der Waals surface area (Å²) in [5.74, 6) is -0.0948. The van der Waals surface area contributed by atoms with Crippen LogP contribution in [0.3, 0.4) is 0 Å². The number of carbonyl (C=O) groups excluding carboxylic acids is 1. The van der Waals surface area contributed by atoms with Crippen molar-refractivity contribution in [1.82, 2.24) is 0 Å². The van der Waals surface area contributed by atoms with E-state index in [2.05, 4.69) is 6.07 Å². The fourth-order valence-electron chi connectivity index (χ4n) is 2.24. The fourth-order valence-corrected chi connectivity index (χ4v) is 2.38. The molecule has 0 radical (unpaired) electrons. The lowest BCUT2D eigenvalue weighted by molar-refractivity contribution is -0.116. The number of carbonyl (C=O) groups is 1. The van der Waals surface area contributed by atoms with E-state index in [1.54, 1.807) is 4.90 Å². The molecule has 104 valence electrons. The van der Waals surface area contributed by atoms with Crippen LogP contribution in [0.4, 0.5) is 5.69 Å². The van der Waals surface area contributed by atoms with Gasteiger partial charge in [0, 0.05) is 5.69 Å². The maximum Gasteiger partial charge on any atom is 0.242 e. The highest BCUT2D eigenvalue weighted by molar-refractivity contribution is 6.29. The van der Waals surface area contributed by atoms with Gasteiger partial charge in [-0.3, -0.25) is 4.79 Å². The molecule has 0 bridgehead atoms. The van der Waals surface area contributed by atoms with Gasteiger partial charge in [0.2, 0.25) is 5.91 Å². The van der Waals surface area contributed by atoms with Crippen molar-refractivity contribution in [3.8, 4) is 0 Å². The third kappa shape index (κ3) is 3.40. The molecule has 0 atom stereocenters. The first-order valence-corrected chi connectivity index (χ1v) is 7.13. The first kappa shape index (κ1) is 14.6. The molecule has 2 aromatic carbocycles. The molecular weight excluding hydrogens is 270 g/mol. The molecule has 0 saturated carbocycles. The predicted molar refractivity (Wildman–Crippen MR) is 84.3 cm³/mol. The van der Waals surface area contributed by atoms with Crippen LogP contribution in [0, 0.1) is 13.8 Å². The van der Waals surface area contributed by atoms with Crippen molar-refractivity contribution in [3.05, 3.63) is 65.2 Å². The van der Waals surface area contributed by atoms with E-state index in [0.29, 0.717) is 6.54 Å². The van der Waals surface area contributed by atoms with Crippen LogP contribution in [-0.2, 0) is 11.3 Å². The Labute approximate surface area is 125 Å². The molecule has 20 heavy (non-hydrogen) atoms. The third-order valence-electron chi connectivity index (χ3n) is 3.24. The summed E-state index contributed by atoms with van der Waals surface area (Å²) >= 11 is 5.76. The van der Waals surface area contributed by atoms with E-state index in [4.69, 9.17) is 11.6 Å². The number of halogens is 1. The Morgan fingerprint density at radius 1 is 1.10 bits per heavy atom. The highest BCUT2D eigenvalue weighted by Gasteiger charge is 2.16. The lowest BCUT2D eigenvalue weighted by atomic mass is 10.1. The van der Waals surface area contributed by atoms with Crippen LogP contribution < -0.4 is 4.90 Å². The second-order valence-electron chi connectivity index (χ2n) is 4.89. The van der Waals surface area contributed by atoms with Crippen LogP contribution in [0.1, 0.15) is 16.7 Å². The first-order valence-electron chi connectivity index (χ1n) is 6.59. The SMILES string of the molecule is Cc1cccc(CN(C(=O)CCl)c2ccccc2C)c1. The van der Waals surface area contributed by atoms with Gasteiger partial charge in [0.15, 0.2) is 0 Å². The van der Waals surface area contributed by atoms with E-state index in [1.807, 2.05) is 56.3 Å². The van der Waals surface area contributed by atoms with E-state index >= 15 is 0 Å². The number of aryl methyl sites for hydroxylation is 2. The van der Waals surface area contributed by atoms with Crippen molar-refractivity contribution in [2.75, 3.05) is 10.8 Å². The molecule has 0 aliphatic heterocycles. The van der Waals surface area contributed by atoms with E-state index in [0.717, 1.165) is 16.8 Å². The molecule has 0 saturated heterocycles. The second kappa shape index (κ2) is 6.58. The topological polar surface area (TPSA) is 20.3 Å². The monoisotopic (exact) mass is 287 g/mol. The zero-order valence-corrected chi connectivity index (χ0v) is 12.5. The quantitative estimate of drug-likeness (QED) is 0.776. The number of para-hydroxylation sites is 1. The molecule has 0 aliphatic carbocycles. The van der Waals surface area contributed by atoms with Crippen LogP contribution in [0.2, 0.25) is 0 Å². The summed E-state index contributed by atoms with van der Waals surface area (Å²) in [4.78, 5) is 13.9. The summed E-state index contributed by atoms with van der Waals surface area (Å²) in [6.45, 7) is 4.59. The van der Waals surface area contributed by atoms with E-state index in [-0.39, 0.29) is 11.8 Å². The maximum atomic E-state index is 12.1. The van der Waals surface area contributed by atoms with Gasteiger partial charge in [-0.2, -0.15) is 0 Å². The van der Waals surface area contributed by atoms with E-state index < -0.39 is 0 Å². The van der Waals surface area contributed by atoms with Crippen molar-refractivity contribution < 1.29 is 4.79 Å². The van der Waals surface area contributed by atoms with Crippen LogP contribution >= 0.6 is 11.6 Å². The highest BCUT2D eigenvalue weighted by Crippen LogP contribution is 2.22. The van der Waals surface area contributed by atoms with Crippen LogP contribution in [-0.4, -0.2) is 11.8 Å². The Bertz CT molecular complexity index is 609. The van der Waals surface area contributed by atoms with Crippen LogP contribution in [0.5, 0.6) is 0 Å². The first-order chi connectivity index (χ1) is 9.61. The zero-order valence-electron chi connectivity index (χ0n) is 11.8. The Morgan fingerprint density at radius 3 is 2.50 bits per heavy atom. The fraction of sp³-hybridized carbons (Fsp3) is 0.235. The van der Waals surface area contributed by atoms with Crippen LogP contribution in [0.15, 0.2) is 48.5 Å². The lowest BCUT2D eigenvalue weighted by Crippen LogP contribution is -2.31. The minimum atomic E-state index is -0.0810. The third-order valence-corrected chi connectivity index (χ3v) is 3.47. The number of rotatable bonds is 4. The average molecular weight is 288 g/mol. The van der Waals surface area contributed by atoms with Crippen LogP contribution in [0.25, 0.3) is 0 Å². The number of hydrogen-bond donors (Lipinski definition) is 0. The standard InChI is InChI=1S/C17H18ClNO/c1-13-6-5-8-15(10-13)12-19(17(20)11-18)16-9-4-3-7-14(16)2/h3-10H,11-12H2,1-2H3. The van der Waals surface area contributed by atoms with E-state index in [1.165, 1.54) is 5.56 Å². The van der Waals surface area contributed by atoms with Gasteiger partial charge < -0.3 is 4.90 Å². The Hall–Kier alpha value is -1.80. The highest BCUT2D eigenvalue weighted by atomic mass is 35.5. The van der Waals surface area contributed by atoms with Gasteiger partial charge in [-0.05, 0) is 31.0 Å². The molecule has 0 spiro atoms. The number of amides is 1. The molecule has 0 N–H and O–H groups in total. The zero-order chi connectivity index (χ0) is 14.5. The van der Waals surface area contributed by atoms with Gasteiger partial charge in [0.05, 0.1) is 6.54 Å². The van der Waals surface area contributed by atoms with Gasteiger partial charge in [0.25, 0.3) is 0 Å². The number of alkyl halides is 1. The summed E-state index contributed by atoms with van der Waals surface area (Å²) in [6.07, 6.45) is 0. The van der Waals surface area contributed by atoms with Crippen molar-refractivity contribution in [1.29, 1.82) is 0 Å². The minimum absolute atomic E-state index is 0.0137. The van der Waals surface area contributed by atoms with Gasteiger partial charge >= 0.3 is 0 Å².